The number of amides is 1. The lowest BCUT2D eigenvalue weighted by atomic mass is 10.1. The van der Waals surface area contributed by atoms with Crippen LogP contribution in [-0.4, -0.2) is 16.8 Å². The Morgan fingerprint density at radius 2 is 2.00 bits per heavy atom. The summed E-state index contributed by atoms with van der Waals surface area (Å²) in [6, 6.07) is 7.86. The average molecular weight is 290 g/mol. The maximum Gasteiger partial charge on any atom is 0.234 e. The topological polar surface area (TPSA) is 55.1 Å². The van der Waals surface area contributed by atoms with Crippen LogP contribution in [0, 0.1) is 20.8 Å². The zero-order chi connectivity index (χ0) is 14.5. The monoisotopic (exact) mass is 290 g/mol. The van der Waals surface area contributed by atoms with Crippen molar-refractivity contribution >= 4 is 23.4 Å². The predicted octanol–water partition coefficient (Wildman–Crippen LogP) is 3.47. The summed E-state index contributed by atoms with van der Waals surface area (Å²) in [6.07, 6.45) is 0. The lowest BCUT2D eigenvalue weighted by Crippen LogP contribution is -2.15. The molecule has 0 fully saturated rings. The molecule has 0 bridgehead atoms. The van der Waals surface area contributed by atoms with Gasteiger partial charge in [0, 0.05) is 17.5 Å². The average Bonchev–Trinajstić information content (AvgIpc) is 2.80. The molecular weight excluding hydrogens is 272 g/mol. The van der Waals surface area contributed by atoms with Gasteiger partial charge in [-0.1, -0.05) is 23.4 Å². The minimum Gasteiger partial charge on any atom is -0.361 e. The van der Waals surface area contributed by atoms with Crippen LogP contribution < -0.4 is 5.32 Å². The lowest BCUT2D eigenvalue weighted by molar-refractivity contribution is -0.113. The molecular formula is C15H18N2O2S. The number of aromatic nitrogens is 1. The third-order valence-corrected chi connectivity index (χ3v) is 3.87. The van der Waals surface area contributed by atoms with E-state index in [1.807, 2.05) is 45.0 Å². The number of anilines is 1. The molecule has 2 rings (SSSR count). The molecule has 0 unspecified atom stereocenters. The summed E-state index contributed by atoms with van der Waals surface area (Å²) >= 11 is 1.52. The molecule has 0 radical (unpaired) electrons. The van der Waals surface area contributed by atoms with E-state index in [4.69, 9.17) is 4.52 Å². The van der Waals surface area contributed by atoms with Crippen LogP contribution in [0.5, 0.6) is 0 Å². The number of hydrogen-bond acceptors (Lipinski definition) is 4. The number of rotatable bonds is 5. The van der Waals surface area contributed by atoms with E-state index in [2.05, 4.69) is 10.5 Å². The van der Waals surface area contributed by atoms with Crippen LogP contribution in [0.15, 0.2) is 28.8 Å². The summed E-state index contributed by atoms with van der Waals surface area (Å²) in [7, 11) is 0. The van der Waals surface area contributed by atoms with Gasteiger partial charge in [-0.2, -0.15) is 0 Å². The van der Waals surface area contributed by atoms with Crippen molar-refractivity contribution in [3.63, 3.8) is 0 Å². The van der Waals surface area contributed by atoms with Gasteiger partial charge in [0.2, 0.25) is 5.91 Å². The van der Waals surface area contributed by atoms with Crippen molar-refractivity contribution in [3.05, 3.63) is 46.8 Å². The summed E-state index contributed by atoms with van der Waals surface area (Å²) in [4.78, 5) is 11.9. The molecule has 0 atom stereocenters. The number of aryl methyl sites for hydroxylation is 3. The van der Waals surface area contributed by atoms with Crippen molar-refractivity contribution < 1.29 is 9.32 Å². The minimum atomic E-state index is 0.00705. The van der Waals surface area contributed by atoms with Gasteiger partial charge in [-0.05, 0) is 31.9 Å². The van der Waals surface area contributed by atoms with Crippen LogP contribution in [0.1, 0.15) is 22.6 Å². The fourth-order valence-corrected chi connectivity index (χ4v) is 2.63. The number of benzene rings is 1. The van der Waals surface area contributed by atoms with Crippen LogP contribution >= 0.6 is 11.8 Å². The van der Waals surface area contributed by atoms with E-state index in [0.717, 1.165) is 28.3 Å². The van der Waals surface area contributed by atoms with Gasteiger partial charge in [-0.3, -0.25) is 4.79 Å². The largest absolute Gasteiger partial charge is 0.361 e. The van der Waals surface area contributed by atoms with Gasteiger partial charge in [0.1, 0.15) is 5.76 Å². The first-order chi connectivity index (χ1) is 9.56. The molecule has 2 aromatic rings. The molecule has 1 amide bonds. The second-order valence-corrected chi connectivity index (χ2v) is 5.72. The van der Waals surface area contributed by atoms with Gasteiger partial charge >= 0.3 is 0 Å². The molecule has 5 heteroatoms. The first kappa shape index (κ1) is 14.7. The third-order valence-electron chi connectivity index (χ3n) is 2.91. The fraction of sp³-hybridized carbons (Fsp3) is 0.333. The van der Waals surface area contributed by atoms with Gasteiger partial charge < -0.3 is 9.84 Å². The zero-order valence-corrected chi connectivity index (χ0v) is 12.7. The molecule has 0 saturated carbocycles. The SMILES string of the molecule is Cc1cc(CSCC(=O)Nc2c(C)cccc2C)no1. The second-order valence-electron chi connectivity index (χ2n) is 4.74. The highest BCUT2D eigenvalue weighted by atomic mass is 32.2. The molecule has 1 aromatic heterocycles. The Morgan fingerprint density at radius 1 is 1.30 bits per heavy atom. The highest BCUT2D eigenvalue weighted by Gasteiger charge is 2.08. The van der Waals surface area contributed by atoms with Crippen molar-refractivity contribution in [3.8, 4) is 0 Å². The van der Waals surface area contributed by atoms with Crippen molar-refractivity contribution in [2.45, 2.75) is 26.5 Å². The summed E-state index contributed by atoms with van der Waals surface area (Å²) in [6.45, 7) is 5.84. The molecule has 4 nitrogen and oxygen atoms in total. The van der Waals surface area contributed by atoms with E-state index in [1.165, 1.54) is 11.8 Å². The van der Waals surface area contributed by atoms with Crippen LogP contribution in [0.3, 0.4) is 0 Å². The van der Waals surface area contributed by atoms with Crippen LogP contribution in [-0.2, 0) is 10.5 Å². The van der Waals surface area contributed by atoms with Gasteiger partial charge in [-0.15, -0.1) is 11.8 Å². The fourth-order valence-electron chi connectivity index (χ4n) is 1.92. The lowest BCUT2D eigenvalue weighted by Gasteiger charge is -2.10. The Hall–Kier alpha value is -1.75. The van der Waals surface area contributed by atoms with Gasteiger partial charge in [0.25, 0.3) is 0 Å². The minimum absolute atomic E-state index is 0.00705. The molecule has 20 heavy (non-hydrogen) atoms. The van der Waals surface area contributed by atoms with Crippen LogP contribution in [0.2, 0.25) is 0 Å². The van der Waals surface area contributed by atoms with Crippen molar-refractivity contribution in [1.82, 2.24) is 5.16 Å². The molecule has 106 valence electrons. The van der Waals surface area contributed by atoms with E-state index in [-0.39, 0.29) is 5.91 Å². The zero-order valence-electron chi connectivity index (χ0n) is 11.9. The van der Waals surface area contributed by atoms with Crippen molar-refractivity contribution in [1.29, 1.82) is 0 Å². The number of carbonyl (C=O) groups is 1. The summed E-state index contributed by atoms with van der Waals surface area (Å²) in [5.74, 6) is 1.88. The summed E-state index contributed by atoms with van der Waals surface area (Å²) in [5, 5.41) is 6.86. The van der Waals surface area contributed by atoms with Gasteiger partial charge in [0.15, 0.2) is 0 Å². The van der Waals surface area contributed by atoms with E-state index in [0.29, 0.717) is 11.5 Å². The number of carbonyl (C=O) groups excluding carboxylic acids is 1. The molecule has 0 aliphatic heterocycles. The Bertz CT molecular complexity index is 587. The molecule has 0 saturated heterocycles. The second kappa shape index (κ2) is 6.61. The van der Waals surface area contributed by atoms with Crippen molar-refractivity contribution in [2.75, 3.05) is 11.1 Å². The van der Waals surface area contributed by atoms with E-state index in [1.54, 1.807) is 0 Å². The molecule has 1 N–H and O–H groups in total. The Labute approximate surface area is 122 Å². The Kier molecular flexibility index (Phi) is 4.84. The smallest absolute Gasteiger partial charge is 0.234 e. The van der Waals surface area contributed by atoms with Crippen LogP contribution in [0.25, 0.3) is 0 Å². The van der Waals surface area contributed by atoms with E-state index in [9.17, 15) is 4.79 Å². The molecule has 1 heterocycles. The molecule has 0 spiro atoms. The Balaban J connectivity index is 1.84. The standard InChI is InChI=1S/C15H18N2O2S/c1-10-5-4-6-11(2)15(10)16-14(18)9-20-8-13-7-12(3)19-17-13/h4-7H,8-9H2,1-3H3,(H,16,18). The van der Waals surface area contributed by atoms with E-state index < -0.39 is 0 Å². The maximum atomic E-state index is 11.9. The summed E-state index contributed by atoms with van der Waals surface area (Å²) < 4.78 is 4.99. The Morgan fingerprint density at radius 3 is 2.60 bits per heavy atom. The first-order valence-electron chi connectivity index (χ1n) is 6.42. The first-order valence-corrected chi connectivity index (χ1v) is 7.57. The van der Waals surface area contributed by atoms with E-state index >= 15 is 0 Å². The number of nitrogens with zero attached hydrogens (tertiary/aromatic N) is 1. The highest BCUT2D eigenvalue weighted by Crippen LogP contribution is 2.20. The van der Waals surface area contributed by atoms with Crippen LogP contribution in [0.4, 0.5) is 5.69 Å². The maximum absolute atomic E-state index is 11.9. The predicted molar refractivity (Wildman–Crippen MR) is 81.9 cm³/mol. The molecule has 0 aliphatic rings. The number of para-hydroxylation sites is 1. The van der Waals surface area contributed by atoms with Gasteiger partial charge in [0.05, 0.1) is 11.4 Å². The number of nitrogens with one attached hydrogen (secondary N) is 1. The molecule has 1 aromatic carbocycles. The quantitative estimate of drug-likeness (QED) is 0.916. The third kappa shape index (κ3) is 3.87. The summed E-state index contributed by atoms with van der Waals surface area (Å²) in [5.41, 5.74) is 3.94. The molecule has 0 aliphatic carbocycles. The highest BCUT2D eigenvalue weighted by molar-refractivity contribution is 7.99. The number of thioether (sulfide) groups is 1. The normalized spacial score (nSPS) is 10.6. The number of hydrogen-bond donors (Lipinski definition) is 1. The van der Waals surface area contributed by atoms with Crippen molar-refractivity contribution in [2.24, 2.45) is 0 Å². The van der Waals surface area contributed by atoms with Gasteiger partial charge in [-0.25, -0.2) is 0 Å².